The SMILES string of the molecule is CCOC(=O)C1=C(N(C)C)N=C(C)C(C(=O)OCC)C1c1cccc(Cl)c1. The minimum absolute atomic E-state index is 0.220. The molecule has 1 heterocycles. The Balaban J connectivity index is 2.73. The first-order valence-corrected chi connectivity index (χ1v) is 9.25. The van der Waals surface area contributed by atoms with Gasteiger partial charge in [-0.1, -0.05) is 23.7 Å². The van der Waals surface area contributed by atoms with Crippen molar-refractivity contribution in [1.82, 2.24) is 4.90 Å². The zero-order chi connectivity index (χ0) is 20.1. The summed E-state index contributed by atoms with van der Waals surface area (Å²) >= 11 is 6.19. The Morgan fingerprint density at radius 1 is 1.19 bits per heavy atom. The molecule has 0 amide bonds. The molecule has 6 nitrogen and oxygen atoms in total. The minimum Gasteiger partial charge on any atom is -0.465 e. The molecule has 0 aromatic heterocycles. The lowest BCUT2D eigenvalue weighted by molar-refractivity contribution is -0.146. The molecule has 2 rings (SSSR count). The van der Waals surface area contributed by atoms with Gasteiger partial charge < -0.3 is 14.4 Å². The molecule has 1 aromatic carbocycles. The molecule has 2 atom stereocenters. The van der Waals surface area contributed by atoms with Gasteiger partial charge >= 0.3 is 11.9 Å². The van der Waals surface area contributed by atoms with E-state index in [2.05, 4.69) is 4.99 Å². The number of benzene rings is 1. The Morgan fingerprint density at radius 2 is 1.85 bits per heavy atom. The predicted molar refractivity (Wildman–Crippen MR) is 105 cm³/mol. The van der Waals surface area contributed by atoms with Crippen molar-refractivity contribution in [2.75, 3.05) is 27.3 Å². The third kappa shape index (κ3) is 4.50. The minimum atomic E-state index is -0.730. The maximum absolute atomic E-state index is 12.9. The van der Waals surface area contributed by atoms with Gasteiger partial charge in [0, 0.05) is 30.7 Å². The van der Waals surface area contributed by atoms with Crippen LogP contribution in [0.2, 0.25) is 5.02 Å². The molecule has 2 unspecified atom stereocenters. The molecular weight excluding hydrogens is 368 g/mol. The molecule has 0 saturated carbocycles. The van der Waals surface area contributed by atoms with Crippen molar-refractivity contribution < 1.29 is 19.1 Å². The van der Waals surface area contributed by atoms with Gasteiger partial charge in [-0.2, -0.15) is 0 Å². The number of rotatable bonds is 6. The second-order valence-electron chi connectivity index (χ2n) is 6.37. The topological polar surface area (TPSA) is 68.2 Å². The normalized spacial score (nSPS) is 19.4. The third-order valence-electron chi connectivity index (χ3n) is 4.28. The molecule has 1 aliphatic rings. The summed E-state index contributed by atoms with van der Waals surface area (Å²) in [6.07, 6.45) is 0. The van der Waals surface area contributed by atoms with Crippen LogP contribution in [0.4, 0.5) is 0 Å². The molecule has 0 bridgehead atoms. The quantitative estimate of drug-likeness (QED) is 0.694. The van der Waals surface area contributed by atoms with Gasteiger partial charge in [-0.05, 0) is 38.5 Å². The fourth-order valence-corrected chi connectivity index (χ4v) is 3.41. The predicted octanol–water partition coefficient (Wildman–Crippen LogP) is 3.41. The Morgan fingerprint density at radius 3 is 2.41 bits per heavy atom. The average Bonchev–Trinajstić information content (AvgIpc) is 2.60. The van der Waals surface area contributed by atoms with Crippen molar-refractivity contribution >= 4 is 29.3 Å². The largest absolute Gasteiger partial charge is 0.465 e. The fourth-order valence-electron chi connectivity index (χ4n) is 3.21. The fraction of sp³-hybridized carbons (Fsp3) is 0.450. The summed E-state index contributed by atoms with van der Waals surface area (Å²) in [7, 11) is 3.59. The smallest absolute Gasteiger partial charge is 0.338 e. The van der Waals surface area contributed by atoms with E-state index in [0.717, 1.165) is 5.56 Å². The molecule has 0 fully saturated rings. The van der Waals surface area contributed by atoms with Gasteiger partial charge in [-0.3, -0.25) is 4.79 Å². The van der Waals surface area contributed by atoms with E-state index in [4.69, 9.17) is 21.1 Å². The molecular formula is C20H25ClN2O4. The summed E-state index contributed by atoms with van der Waals surface area (Å²) in [5, 5.41) is 0.518. The first-order chi connectivity index (χ1) is 12.8. The van der Waals surface area contributed by atoms with Gasteiger partial charge in [-0.25, -0.2) is 9.79 Å². The number of hydrogen-bond donors (Lipinski definition) is 0. The van der Waals surface area contributed by atoms with Crippen LogP contribution in [0.5, 0.6) is 0 Å². The zero-order valence-electron chi connectivity index (χ0n) is 16.3. The zero-order valence-corrected chi connectivity index (χ0v) is 17.0. The van der Waals surface area contributed by atoms with Crippen LogP contribution in [0.25, 0.3) is 0 Å². The highest BCUT2D eigenvalue weighted by molar-refractivity contribution is 6.30. The van der Waals surface area contributed by atoms with E-state index >= 15 is 0 Å². The van der Waals surface area contributed by atoms with Crippen LogP contribution in [0, 0.1) is 5.92 Å². The summed E-state index contributed by atoms with van der Waals surface area (Å²) < 4.78 is 10.6. The van der Waals surface area contributed by atoms with E-state index in [-0.39, 0.29) is 13.2 Å². The molecule has 27 heavy (non-hydrogen) atoms. The molecule has 0 N–H and O–H groups in total. The number of nitrogens with zero attached hydrogens (tertiary/aromatic N) is 2. The van der Waals surface area contributed by atoms with Crippen molar-refractivity contribution in [3.8, 4) is 0 Å². The summed E-state index contributed by atoms with van der Waals surface area (Å²) in [5.74, 6) is -1.79. The Labute approximate surface area is 164 Å². The van der Waals surface area contributed by atoms with Crippen LogP contribution in [-0.2, 0) is 19.1 Å². The van der Waals surface area contributed by atoms with Gasteiger partial charge in [0.05, 0.1) is 18.8 Å². The lowest BCUT2D eigenvalue weighted by atomic mass is 9.76. The molecule has 1 aromatic rings. The lowest BCUT2D eigenvalue weighted by Crippen LogP contribution is -2.38. The molecule has 146 valence electrons. The van der Waals surface area contributed by atoms with E-state index < -0.39 is 23.8 Å². The summed E-state index contributed by atoms with van der Waals surface area (Å²) in [6, 6.07) is 7.13. The summed E-state index contributed by atoms with van der Waals surface area (Å²) in [4.78, 5) is 31.9. The third-order valence-corrected chi connectivity index (χ3v) is 4.52. The maximum atomic E-state index is 12.9. The summed E-state index contributed by atoms with van der Waals surface area (Å²) in [5.41, 5.74) is 1.64. The molecule has 7 heteroatoms. The Hall–Kier alpha value is -2.34. The van der Waals surface area contributed by atoms with Crippen LogP contribution in [0.1, 0.15) is 32.3 Å². The van der Waals surface area contributed by atoms with Gasteiger partial charge in [0.15, 0.2) is 0 Å². The molecule has 0 aliphatic carbocycles. The van der Waals surface area contributed by atoms with Crippen molar-refractivity contribution in [3.63, 3.8) is 0 Å². The lowest BCUT2D eigenvalue weighted by Gasteiger charge is -2.33. The molecule has 1 aliphatic heterocycles. The van der Waals surface area contributed by atoms with Crippen LogP contribution in [0.15, 0.2) is 40.7 Å². The number of halogens is 1. The first kappa shape index (κ1) is 21.0. The summed E-state index contributed by atoms with van der Waals surface area (Å²) in [6.45, 7) is 5.71. The van der Waals surface area contributed by atoms with Crippen molar-refractivity contribution in [2.24, 2.45) is 10.9 Å². The van der Waals surface area contributed by atoms with E-state index in [1.165, 1.54) is 0 Å². The Bertz CT molecular complexity index is 786. The van der Waals surface area contributed by atoms with Gasteiger partial charge in [-0.15, -0.1) is 0 Å². The van der Waals surface area contributed by atoms with Crippen molar-refractivity contribution in [1.29, 1.82) is 0 Å². The van der Waals surface area contributed by atoms with E-state index in [0.29, 0.717) is 22.1 Å². The van der Waals surface area contributed by atoms with Crippen molar-refractivity contribution in [3.05, 3.63) is 46.2 Å². The van der Waals surface area contributed by atoms with Crippen LogP contribution >= 0.6 is 11.6 Å². The van der Waals surface area contributed by atoms with Gasteiger partial charge in [0.2, 0.25) is 0 Å². The number of aliphatic imine (C=N–C) groups is 1. The van der Waals surface area contributed by atoms with Crippen molar-refractivity contribution in [2.45, 2.75) is 26.7 Å². The Kier molecular flexibility index (Phi) is 7.02. The molecule has 0 radical (unpaired) electrons. The van der Waals surface area contributed by atoms with Crippen LogP contribution < -0.4 is 0 Å². The number of carbonyl (C=O) groups excluding carboxylic acids is 2. The van der Waals surface area contributed by atoms with Gasteiger partial charge in [0.1, 0.15) is 11.7 Å². The number of carbonyl (C=O) groups is 2. The van der Waals surface area contributed by atoms with Gasteiger partial charge in [0.25, 0.3) is 0 Å². The van der Waals surface area contributed by atoms with E-state index in [9.17, 15) is 9.59 Å². The monoisotopic (exact) mass is 392 g/mol. The second kappa shape index (κ2) is 9.04. The average molecular weight is 393 g/mol. The highest BCUT2D eigenvalue weighted by atomic mass is 35.5. The van der Waals surface area contributed by atoms with E-state index in [1.807, 2.05) is 6.07 Å². The maximum Gasteiger partial charge on any atom is 0.338 e. The second-order valence-corrected chi connectivity index (χ2v) is 6.80. The number of ether oxygens (including phenoxy) is 2. The number of hydrogen-bond acceptors (Lipinski definition) is 6. The standard InChI is InChI=1S/C20H25ClN2O4/c1-6-26-19(24)15-12(3)22-18(23(4)5)17(20(25)27-7-2)16(15)13-9-8-10-14(21)11-13/h8-11,15-16H,6-7H2,1-5H3. The number of esters is 2. The first-order valence-electron chi connectivity index (χ1n) is 8.87. The molecule has 0 spiro atoms. The van der Waals surface area contributed by atoms with E-state index in [1.54, 1.807) is 58.0 Å². The van der Waals surface area contributed by atoms with Crippen LogP contribution in [-0.4, -0.2) is 49.9 Å². The highest BCUT2D eigenvalue weighted by Gasteiger charge is 2.43. The highest BCUT2D eigenvalue weighted by Crippen LogP contribution is 2.41. The van der Waals surface area contributed by atoms with Crippen LogP contribution in [0.3, 0.4) is 0 Å². The molecule has 0 saturated heterocycles.